The minimum absolute atomic E-state index is 0.00196. The molecule has 1 aromatic carbocycles. The molecule has 0 radical (unpaired) electrons. The van der Waals surface area contributed by atoms with Gasteiger partial charge >= 0.3 is 5.69 Å². The van der Waals surface area contributed by atoms with Crippen molar-refractivity contribution in [2.24, 2.45) is 0 Å². The van der Waals surface area contributed by atoms with Crippen molar-refractivity contribution in [1.82, 2.24) is 14.5 Å². The Morgan fingerprint density at radius 2 is 2.00 bits per heavy atom. The van der Waals surface area contributed by atoms with Gasteiger partial charge in [0.05, 0.1) is 25.7 Å². The van der Waals surface area contributed by atoms with Crippen molar-refractivity contribution in [1.29, 1.82) is 5.26 Å². The van der Waals surface area contributed by atoms with E-state index in [2.05, 4.69) is 11.1 Å². The summed E-state index contributed by atoms with van der Waals surface area (Å²) in [6.07, 6.45) is 3.44. The maximum absolute atomic E-state index is 13.4. The van der Waals surface area contributed by atoms with E-state index in [0.29, 0.717) is 13.0 Å². The summed E-state index contributed by atoms with van der Waals surface area (Å²) >= 11 is 0. The predicted molar refractivity (Wildman–Crippen MR) is 118 cm³/mol. The van der Waals surface area contributed by atoms with E-state index in [-0.39, 0.29) is 43.1 Å². The summed E-state index contributed by atoms with van der Waals surface area (Å²) in [6.45, 7) is 2.60. The fraction of sp³-hybridized carbons (Fsp3) is 0.455. The molecule has 0 atom stereocenters. The lowest BCUT2D eigenvalue weighted by Crippen LogP contribution is -2.45. The summed E-state index contributed by atoms with van der Waals surface area (Å²) in [7, 11) is 0. The fourth-order valence-corrected chi connectivity index (χ4v) is 3.54. The Morgan fingerprint density at radius 1 is 1.29 bits per heavy atom. The van der Waals surface area contributed by atoms with Crippen LogP contribution in [0, 0.1) is 11.3 Å². The lowest BCUT2D eigenvalue weighted by molar-refractivity contribution is -0.119. The Bertz CT molecular complexity index is 1070. The van der Waals surface area contributed by atoms with Gasteiger partial charge in [-0.15, -0.1) is 0 Å². The topological polar surface area (TPSA) is 128 Å². The van der Waals surface area contributed by atoms with Crippen LogP contribution in [0.4, 0.5) is 11.5 Å². The number of hydrogen-bond donors (Lipinski definition) is 2. The van der Waals surface area contributed by atoms with E-state index < -0.39 is 11.2 Å². The summed E-state index contributed by atoms with van der Waals surface area (Å²) in [4.78, 5) is 43.9. The number of unbranched alkanes of at least 4 members (excludes halogenated alkanes) is 1. The number of amides is 1. The van der Waals surface area contributed by atoms with Crippen LogP contribution in [-0.4, -0.2) is 39.5 Å². The molecule has 1 aliphatic carbocycles. The van der Waals surface area contributed by atoms with Gasteiger partial charge in [-0.2, -0.15) is 5.26 Å². The van der Waals surface area contributed by atoms with Crippen molar-refractivity contribution < 1.29 is 4.79 Å². The number of benzene rings is 1. The zero-order chi connectivity index (χ0) is 22.4. The maximum atomic E-state index is 13.4. The Balaban J connectivity index is 2.01. The number of nitriles is 1. The summed E-state index contributed by atoms with van der Waals surface area (Å²) in [5, 5.41) is 9.13. The zero-order valence-corrected chi connectivity index (χ0v) is 17.7. The van der Waals surface area contributed by atoms with Crippen LogP contribution in [0.2, 0.25) is 0 Å². The van der Waals surface area contributed by atoms with Crippen LogP contribution in [-0.2, 0) is 17.9 Å². The molecule has 9 heteroatoms. The molecular weight excluding hydrogens is 396 g/mol. The van der Waals surface area contributed by atoms with Crippen LogP contribution < -0.4 is 21.9 Å². The molecule has 0 spiro atoms. The lowest BCUT2D eigenvalue weighted by Gasteiger charge is -2.27. The smallest absolute Gasteiger partial charge is 0.330 e. The first-order valence-corrected chi connectivity index (χ1v) is 10.5. The van der Waals surface area contributed by atoms with Crippen molar-refractivity contribution in [2.75, 3.05) is 23.7 Å². The van der Waals surface area contributed by atoms with Gasteiger partial charge < -0.3 is 5.73 Å². The van der Waals surface area contributed by atoms with Crippen LogP contribution in [0.15, 0.2) is 39.9 Å². The molecular formula is C22H28N6O3. The molecule has 1 amide bonds. The van der Waals surface area contributed by atoms with Gasteiger partial charge in [0.1, 0.15) is 5.82 Å². The molecule has 1 fully saturated rings. The molecule has 164 valence electrons. The predicted octanol–water partition coefficient (Wildman–Crippen LogP) is 1.44. The Morgan fingerprint density at radius 3 is 2.61 bits per heavy atom. The molecule has 0 unspecified atom stereocenters. The van der Waals surface area contributed by atoms with E-state index in [1.54, 1.807) is 0 Å². The lowest BCUT2D eigenvalue weighted by atomic mass is 10.2. The average molecular weight is 425 g/mol. The SMILES string of the molecule is CCCCn1c(N)c(N(Cc2ccccc2)C(=O)CN(CC#N)C2CC2)c(=O)[nH]c1=O. The summed E-state index contributed by atoms with van der Waals surface area (Å²) in [6, 6.07) is 11.6. The Hall–Kier alpha value is -3.38. The molecule has 0 aliphatic heterocycles. The highest BCUT2D eigenvalue weighted by Crippen LogP contribution is 2.27. The Labute approximate surface area is 180 Å². The third kappa shape index (κ3) is 5.41. The molecule has 9 nitrogen and oxygen atoms in total. The second-order valence-corrected chi connectivity index (χ2v) is 7.76. The molecule has 1 saturated carbocycles. The maximum Gasteiger partial charge on any atom is 0.330 e. The zero-order valence-electron chi connectivity index (χ0n) is 17.7. The molecule has 0 bridgehead atoms. The number of nitrogens with two attached hydrogens (primary N) is 1. The van der Waals surface area contributed by atoms with Crippen LogP contribution in [0.3, 0.4) is 0 Å². The number of H-pyrrole nitrogens is 1. The second kappa shape index (κ2) is 10.1. The van der Waals surface area contributed by atoms with Gasteiger partial charge in [-0.05, 0) is 24.8 Å². The number of anilines is 2. The van der Waals surface area contributed by atoms with Crippen molar-refractivity contribution in [3.63, 3.8) is 0 Å². The summed E-state index contributed by atoms with van der Waals surface area (Å²) in [5.74, 6) is -0.367. The number of hydrogen-bond acceptors (Lipinski definition) is 6. The number of nitrogens with zero attached hydrogens (tertiary/aromatic N) is 4. The van der Waals surface area contributed by atoms with Gasteiger partial charge in [0.15, 0.2) is 5.69 Å². The van der Waals surface area contributed by atoms with Crippen molar-refractivity contribution in [3.05, 3.63) is 56.7 Å². The highest BCUT2D eigenvalue weighted by atomic mass is 16.2. The van der Waals surface area contributed by atoms with Gasteiger partial charge in [-0.3, -0.25) is 28.9 Å². The largest absolute Gasteiger partial charge is 0.383 e. The fourth-order valence-electron chi connectivity index (χ4n) is 3.54. The van der Waals surface area contributed by atoms with Crippen molar-refractivity contribution in [2.45, 2.75) is 51.7 Å². The normalized spacial score (nSPS) is 13.2. The van der Waals surface area contributed by atoms with E-state index in [4.69, 9.17) is 11.0 Å². The number of nitrogens with one attached hydrogen (secondary N) is 1. The van der Waals surface area contributed by atoms with Gasteiger partial charge in [0.25, 0.3) is 5.56 Å². The first-order valence-electron chi connectivity index (χ1n) is 10.5. The Kier molecular flexibility index (Phi) is 7.26. The first-order chi connectivity index (χ1) is 15.0. The van der Waals surface area contributed by atoms with Gasteiger partial charge in [-0.25, -0.2) is 4.79 Å². The van der Waals surface area contributed by atoms with Crippen LogP contribution in [0.1, 0.15) is 38.2 Å². The molecule has 3 rings (SSSR count). The number of rotatable bonds is 10. The molecule has 1 aromatic heterocycles. The van der Waals surface area contributed by atoms with E-state index in [1.165, 1.54) is 9.47 Å². The van der Waals surface area contributed by atoms with Gasteiger partial charge in [-0.1, -0.05) is 43.7 Å². The average Bonchev–Trinajstić information content (AvgIpc) is 3.58. The summed E-state index contributed by atoms with van der Waals surface area (Å²) in [5.41, 5.74) is 5.77. The number of carbonyl (C=O) groups is 1. The number of aromatic nitrogens is 2. The monoisotopic (exact) mass is 424 g/mol. The third-order valence-electron chi connectivity index (χ3n) is 5.38. The highest BCUT2D eigenvalue weighted by Gasteiger charge is 2.33. The molecule has 31 heavy (non-hydrogen) atoms. The minimum atomic E-state index is -0.696. The van der Waals surface area contributed by atoms with Crippen LogP contribution in [0.25, 0.3) is 0 Å². The van der Waals surface area contributed by atoms with E-state index in [9.17, 15) is 14.4 Å². The first kappa shape index (κ1) is 22.3. The third-order valence-corrected chi connectivity index (χ3v) is 5.38. The van der Waals surface area contributed by atoms with E-state index >= 15 is 0 Å². The molecule has 1 heterocycles. The molecule has 1 aliphatic rings. The number of aromatic amines is 1. The number of carbonyl (C=O) groups excluding carboxylic acids is 1. The van der Waals surface area contributed by atoms with Crippen LogP contribution >= 0.6 is 0 Å². The van der Waals surface area contributed by atoms with Crippen molar-refractivity contribution in [3.8, 4) is 6.07 Å². The van der Waals surface area contributed by atoms with Crippen molar-refractivity contribution >= 4 is 17.4 Å². The molecule has 0 saturated heterocycles. The molecule has 3 N–H and O–H groups in total. The summed E-state index contributed by atoms with van der Waals surface area (Å²) < 4.78 is 1.31. The van der Waals surface area contributed by atoms with Crippen LogP contribution in [0.5, 0.6) is 0 Å². The van der Waals surface area contributed by atoms with E-state index in [1.807, 2.05) is 42.2 Å². The highest BCUT2D eigenvalue weighted by molar-refractivity contribution is 5.96. The standard InChI is InChI=1S/C22H28N6O3/c1-2-3-12-27-20(24)19(21(30)25-22(27)31)28(14-16-7-5-4-6-8-16)18(29)15-26(13-11-23)17-9-10-17/h4-8,17H,2-3,9-10,12-15,24H2,1H3,(H,25,30,31). The van der Waals surface area contributed by atoms with Gasteiger partial charge in [0, 0.05) is 12.6 Å². The minimum Gasteiger partial charge on any atom is -0.383 e. The second-order valence-electron chi connectivity index (χ2n) is 7.76. The van der Waals surface area contributed by atoms with Gasteiger partial charge in [0.2, 0.25) is 5.91 Å². The quantitative estimate of drug-likeness (QED) is 0.556. The van der Waals surface area contributed by atoms with E-state index in [0.717, 1.165) is 24.8 Å². The molecule has 2 aromatic rings. The number of nitrogen functional groups attached to an aromatic ring is 1.